The van der Waals surface area contributed by atoms with E-state index in [2.05, 4.69) is 47.5 Å². The Morgan fingerprint density at radius 1 is 0.929 bits per heavy atom. The van der Waals surface area contributed by atoms with Crippen molar-refractivity contribution in [3.8, 4) is 34.8 Å². The normalized spacial score (nSPS) is 42.1. The van der Waals surface area contributed by atoms with Gasteiger partial charge in [0.25, 0.3) is 0 Å². The first-order valence-electron chi connectivity index (χ1n) is 26.4. The highest BCUT2D eigenvalue weighted by Crippen LogP contribution is 2.85. The number of ether oxygens (including phenoxy) is 1. The highest BCUT2D eigenvalue weighted by molar-refractivity contribution is 5.81. The van der Waals surface area contributed by atoms with E-state index in [1.165, 1.54) is 24.3 Å². The minimum absolute atomic E-state index is 0.0283. The number of carbonyl (C=O) groups is 1. The molecule has 0 aromatic heterocycles. The van der Waals surface area contributed by atoms with Crippen molar-refractivity contribution in [2.24, 2.45) is 58.2 Å². The third-order valence-corrected chi connectivity index (χ3v) is 21.2. The molecule has 9 aliphatic carbocycles. The predicted molar refractivity (Wildman–Crippen MR) is 263 cm³/mol. The molecule has 1 aliphatic heterocycles. The van der Waals surface area contributed by atoms with E-state index in [0.717, 1.165) is 55.2 Å². The molecule has 8 N–H and O–H groups in total. The Hall–Kier alpha value is -4.89. The number of fused-ring (bicyclic) bond motifs is 5. The summed E-state index contributed by atoms with van der Waals surface area (Å²) in [6.07, 6.45) is 17.4. The number of piperidine rings is 1. The third-order valence-electron chi connectivity index (χ3n) is 21.2. The van der Waals surface area contributed by atoms with Crippen LogP contribution in [-0.4, -0.2) is 79.0 Å². The van der Waals surface area contributed by atoms with E-state index in [1.807, 2.05) is 36.4 Å². The van der Waals surface area contributed by atoms with E-state index in [4.69, 9.17) is 4.74 Å². The lowest BCUT2D eigenvalue weighted by molar-refractivity contribution is -0.264. The van der Waals surface area contributed by atoms with E-state index >= 15 is 4.79 Å². The zero-order chi connectivity index (χ0) is 48.1. The van der Waals surface area contributed by atoms with Crippen LogP contribution in [0.3, 0.4) is 0 Å². The predicted octanol–water partition coefficient (Wildman–Crippen LogP) is 7.77. The third kappa shape index (κ3) is 5.84. The van der Waals surface area contributed by atoms with Gasteiger partial charge in [0.05, 0.1) is 25.4 Å². The summed E-state index contributed by atoms with van der Waals surface area (Å²) in [5.74, 6) is 5.79. The molecule has 1 saturated heterocycles. The van der Waals surface area contributed by atoms with E-state index in [0.29, 0.717) is 55.7 Å². The molecule has 0 unspecified atom stereocenters. The minimum atomic E-state index is -1.59. The number of phenolic OH excluding ortho intramolecular Hbond substituents is 3. The van der Waals surface area contributed by atoms with Crippen LogP contribution in [0.2, 0.25) is 0 Å². The molecular weight excluding hydrogens is 879 g/mol. The van der Waals surface area contributed by atoms with Crippen LogP contribution in [0.25, 0.3) is 0 Å². The van der Waals surface area contributed by atoms with E-state index < -0.39 is 46.3 Å². The van der Waals surface area contributed by atoms with Crippen LogP contribution < -0.4 is 10.1 Å². The molecule has 0 radical (unpaired) electrons. The molecule has 16 atom stereocenters. The van der Waals surface area contributed by atoms with Gasteiger partial charge in [-0.05, 0) is 157 Å². The summed E-state index contributed by atoms with van der Waals surface area (Å²) in [7, 11) is 1.49. The van der Waals surface area contributed by atoms with Crippen molar-refractivity contribution < 1.29 is 45.3 Å². The molecule has 3 spiro atoms. The molecule has 70 heavy (non-hydrogen) atoms. The number of Topliss-reactive ketones (excluding diaryl/α,β-unsaturated/α-hetero) is 1. The summed E-state index contributed by atoms with van der Waals surface area (Å²) in [5, 5.41) is 86.2. The number of allylic oxidation sites excluding steroid dienone is 5. The van der Waals surface area contributed by atoms with Gasteiger partial charge in [-0.2, -0.15) is 0 Å². The molecule has 10 aliphatic rings. The molecule has 3 aromatic carbocycles. The molecule has 3 aromatic rings. The second-order valence-electron chi connectivity index (χ2n) is 23.7. The Kier molecular flexibility index (Phi) is 10.2. The number of hydrogen-bond donors (Lipinski definition) is 8. The molecule has 4 saturated carbocycles. The van der Waals surface area contributed by atoms with Crippen molar-refractivity contribution in [1.29, 1.82) is 0 Å². The Morgan fingerprint density at radius 2 is 1.76 bits per heavy atom. The quantitative estimate of drug-likeness (QED) is 0.0632. The molecule has 6 bridgehead atoms. The topological polar surface area (TPSA) is 180 Å². The lowest BCUT2D eigenvalue weighted by Gasteiger charge is -2.82. The van der Waals surface area contributed by atoms with Crippen LogP contribution in [0.5, 0.6) is 23.0 Å². The smallest absolute Gasteiger partial charge is 0.160 e. The van der Waals surface area contributed by atoms with Crippen LogP contribution in [0.15, 0.2) is 90.0 Å². The molecule has 10 heteroatoms. The molecule has 10 nitrogen and oxygen atoms in total. The number of aromatic hydroxyl groups is 3. The van der Waals surface area contributed by atoms with Crippen molar-refractivity contribution in [3.63, 3.8) is 0 Å². The maximum atomic E-state index is 15.7. The lowest BCUT2D eigenvalue weighted by atomic mass is 9.23. The summed E-state index contributed by atoms with van der Waals surface area (Å²) in [6, 6.07) is 17.1. The molecule has 0 amide bonds. The van der Waals surface area contributed by atoms with Gasteiger partial charge in [0, 0.05) is 72.0 Å². The second kappa shape index (κ2) is 15.8. The summed E-state index contributed by atoms with van der Waals surface area (Å²) in [6.45, 7) is 0.0636. The summed E-state index contributed by atoms with van der Waals surface area (Å²) >= 11 is 0. The lowest BCUT2D eigenvalue weighted by Crippen LogP contribution is -2.86. The van der Waals surface area contributed by atoms with Gasteiger partial charge in [0.15, 0.2) is 23.0 Å². The average Bonchev–Trinajstić information content (AvgIpc) is 3.76. The Labute approximate surface area is 410 Å². The van der Waals surface area contributed by atoms with Gasteiger partial charge in [0.2, 0.25) is 0 Å². The van der Waals surface area contributed by atoms with Crippen LogP contribution in [0.4, 0.5) is 0 Å². The first-order chi connectivity index (χ1) is 33.8. The molecule has 366 valence electrons. The average molecular weight is 946 g/mol. The van der Waals surface area contributed by atoms with Crippen molar-refractivity contribution in [2.45, 2.75) is 125 Å². The van der Waals surface area contributed by atoms with Gasteiger partial charge in [-0.3, -0.25) is 4.79 Å². The molecular formula is C60H67NO9. The molecule has 5 fully saturated rings. The Balaban J connectivity index is 1.09. The summed E-state index contributed by atoms with van der Waals surface area (Å²) in [4.78, 5) is 15.7. The first-order valence-corrected chi connectivity index (χ1v) is 26.4. The SMILES string of the molecule is COc1cc([C@H]2CC(=O)C[C@@]3(O)[C@H](CCCO)C[C@]45C[C@H]6C=C7C=C[C@H](O)C[C@@H]7C7=C[C@@H]8CCC[C@]89C[C@@]76[C@@H]6C[C@H]9c7cc(O)c(O)cc7[C@@]64[C@H]3[C@H](C#C[C@@H]2Cc2ccccc2)CN5)c(CO)cc1O. The molecule has 1 heterocycles. The van der Waals surface area contributed by atoms with Crippen molar-refractivity contribution in [3.05, 3.63) is 118 Å². The number of nitrogens with one attached hydrogen (secondary N) is 1. The number of aliphatic hydroxyl groups excluding tert-OH is 3. The Bertz CT molecular complexity index is 2840. The number of hydrogen-bond acceptors (Lipinski definition) is 10. The van der Waals surface area contributed by atoms with Crippen molar-refractivity contribution >= 4 is 5.78 Å². The number of rotatable bonds is 8. The van der Waals surface area contributed by atoms with Crippen LogP contribution in [0.1, 0.15) is 117 Å². The largest absolute Gasteiger partial charge is 0.504 e. The van der Waals surface area contributed by atoms with Gasteiger partial charge in [-0.1, -0.05) is 78.5 Å². The number of ketones is 1. The van der Waals surface area contributed by atoms with Gasteiger partial charge < -0.3 is 45.8 Å². The highest BCUT2D eigenvalue weighted by atomic mass is 16.5. The van der Waals surface area contributed by atoms with Gasteiger partial charge in [0.1, 0.15) is 5.78 Å². The number of methoxy groups -OCH3 is 1. The fourth-order valence-electron chi connectivity index (χ4n) is 19.1. The minimum Gasteiger partial charge on any atom is -0.504 e. The number of aliphatic hydroxyl groups is 4. The van der Waals surface area contributed by atoms with Crippen molar-refractivity contribution in [2.75, 3.05) is 20.3 Å². The van der Waals surface area contributed by atoms with Gasteiger partial charge in [-0.15, -0.1) is 0 Å². The highest BCUT2D eigenvalue weighted by Gasteiger charge is 2.83. The van der Waals surface area contributed by atoms with E-state index in [9.17, 15) is 35.7 Å². The fourth-order valence-corrected chi connectivity index (χ4v) is 19.1. The number of benzene rings is 3. The molecule has 13 rings (SSSR count). The Morgan fingerprint density at radius 3 is 2.56 bits per heavy atom. The zero-order valence-electron chi connectivity index (χ0n) is 40.1. The monoisotopic (exact) mass is 945 g/mol. The van der Waals surface area contributed by atoms with Crippen LogP contribution in [-0.2, 0) is 23.2 Å². The zero-order valence-corrected chi connectivity index (χ0v) is 40.1. The maximum absolute atomic E-state index is 15.7. The first kappa shape index (κ1) is 45.0. The standard InChI is InChI=1S/C60H67NO9/c1-70-53-24-44(37(31-63)19-52(53)68)43-22-42(65)29-59(69)39(10-6-16-62)27-57-28-40-18-35-13-14-41(64)21-45(35)48-20-38-9-5-15-56(38)32-58(40,48)54-26-47(56)46-23-50(66)51(67)25-49(46)60(54,57)55(59)36(30-61-57)12-11-34(43)17-33-7-3-2-4-8-33/h2-4,7-8,13-14,18-20,23-25,34,36,38-41,43,45,47,54-55,61-64,66-69H,5-6,9-10,15-17,21-22,26-32H2,1H3/t34-,36-,38+,39-,40-,41+,43+,45+,47+,54+,55+,56+,57+,58+,59-,60+/m1/s1. The number of carbonyl (C=O) groups excluding carboxylic acids is 1. The van der Waals surface area contributed by atoms with Crippen LogP contribution in [0, 0.1) is 70.0 Å². The fraction of sp³-hybridized carbons (Fsp3) is 0.550. The van der Waals surface area contributed by atoms with Crippen LogP contribution >= 0.6 is 0 Å². The summed E-state index contributed by atoms with van der Waals surface area (Å²) < 4.78 is 5.63. The van der Waals surface area contributed by atoms with Gasteiger partial charge >= 0.3 is 0 Å². The summed E-state index contributed by atoms with van der Waals surface area (Å²) in [5.41, 5.74) is 3.61. The second-order valence-corrected chi connectivity index (χ2v) is 23.7. The van der Waals surface area contributed by atoms with E-state index in [-0.39, 0.29) is 95.3 Å². The van der Waals surface area contributed by atoms with E-state index in [1.54, 1.807) is 6.07 Å². The number of phenols is 3. The van der Waals surface area contributed by atoms with Crippen molar-refractivity contribution in [1.82, 2.24) is 5.32 Å². The maximum Gasteiger partial charge on any atom is 0.160 e. The van der Waals surface area contributed by atoms with Gasteiger partial charge in [-0.25, -0.2) is 0 Å².